The van der Waals surface area contributed by atoms with E-state index in [2.05, 4.69) is 17.6 Å². The van der Waals surface area contributed by atoms with Gasteiger partial charge in [-0.3, -0.25) is 4.79 Å². The highest BCUT2D eigenvalue weighted by molar-refractivity contribution is 5.85. The summed E-state index contributed by atoms with van der Waals surface area (Å²) in [4.78, 5) is 11.8. The second kappa shape index (κ2) is 6.57. The van der Waals surface area contributed by atoms with Gasteiger partial charge in [0.15, 0.2) is 0 Å². The van der Waals surface area contributed by atoms with Crippen LogP contribution < -0.4 is 10.6 Å². The quantitative estimate of drug-likeness (QED) is 0.796. The molecule has 0 aromatic rings. The molecule has 4 nitrogen and oxygen atoms in total. The summed E-state index contributed by atoms with van der Waals surface area (Å²) in [6.45, 7) is 6.48. The second-order valence-electron chi connectivity index (χ2n) is 5.37. The normalized spacial score (nSPS) is 32.9. The molecule has 2 N–H and O–H groups in total. The summed E-state index contributed by atoms with van der Waals surface area (Å²) < 4.78 is 5.22. The number of piperidine rings is 1. The Hall–Kier alpha value is -0.320. The molecule has 2 saturated heterocycles. The van der Waals surface area contributed by atoms with Gasteiger partial charge in [-0.15, -0.1) is 12.4 Å². The summed E-state index contributed by atoms with van der Waals surface area (Å²) in [6.07, 6.45) is 3.28. The van der Waals surface area contributed by atoms with Crippen LogP contribution in [0.15, 0.2) is 0 Å². The SMILES string of the molecule is CC1(CNC(=O)C2CCOC2)CCCNC1.Cl. The van der Waals surface area contributed by atoms with Crippen LogP contribution in [0.2, 0.25) is 0 Å². The largest absolute Gasteiger partial charge is 0.381 e. The molecule has 0 saturated carbocycles. The Morgan fingerprint density at radius 1 is 1.59 bits per heavy atom. The van der Waals surface area contributed by atoms with E-state index in [1.807, 2.05) is 0 Å². The lowest BCUT2D eigenvalue weighted by atomic mass is 9.82. The van der Waals surface area contributed by atoms with Gasteiger partial charge in [0, 0.05) is 19.7 Å². The number of rotatable bonds is 3. The van der Waals surface area contributed by atoms with Crippen LogP contribution in [-0.2, 0) is 9.53 Å². The van der Waals surface area contributed by atoms with Crippen molar-refractivity contribution in [1.82, 2.24) is 10.6 Å². The van der Waals surface area contributed by atoms with Crippen molar-refractivity contribution in [1.29, 1.82) is 0 Å². The Balaban J connectivity index is 0.00000144. The second-order valence-corrected chi connectivity index (χ2v) is 5.37. The third-order valence-corrected chi connectivity index (χ3v) is 3.68. The summed E-state index contributed by atoms with van der Waals surface area (Å²) in [7, 11) is 0. The molecule has 2 atom stereocenters. The van der Waals surface area contributed by atoms with Crippen LogP contribution in [0, 0.1) is 11.3 Å². The Bertz CT molecular complexity index is 249. The van der Waals surface area contributed by atoms with Crippen LogP contribution in [-0.4, -0.2) is 38.8 Å². The Kier molecular flexibility index (Phi) is 5.70. The first-order valence-electron chi connectivity index (χ1n) is 6.26. The third-order valence-electron chi connectivity index (χ3n) is 3.68. The van der Waals surface area contributed by atoms with Crippen LogP contribution in [0.25, 0.3) is 0 Å². The summed E-state index contributed by atoms with van der Waals surface area (Å²) in [6, 6.07) is 0. The molecule has 0 aromatic carbocycles. The summed E-state index contributed by atoms with van der Waals surface area (Å²) >= 11 is 0. The molecule has 0 spiro atoms. The Morgan fingerprint density at radius 3 is 3.00 bits per heavy atom. The molecule has 0 aromatic heterocycles. The fraction of sp³-hybridized carbons (Fsp3) is 0.917. The van der Waals surface area contributed by atoms with Crippen molar-refractivity contribution >= 4 is 18.3 Å². The lowest BCUT2D eigenvalue weighted by Crippen LogP contribution is -2.46. The molecule has 2 aliphatic heterocycles. The van der Waals surface area contributed by atoms with Crippen molar-refractivity contribution in [3.63, 3.8) is 0 Å². The van der Waals surface area contributed by atoms with Gasteiger partial charge in [-0.1, -0.05) is 6.92 Å². The van der Waals surface area contributed by atoms with E-state index in [-0.39, 0.29) is 29.6 Å². The fourth-order valence-corrected chi connectivity index (χ4v) is 2.46. The lowest BCUT2D eigenvalue weighted by molar-refractivity contribution is -0.125. The number of hydrogen-bond donors (Lipinski definition) is 2. The standard InChI is InChI=1S/C12H22N2O2.ClH/c1-12(4-2-5-13-8-12)9-14-11(15)10-3-6-16-7-10;/h10,13H,2-9H2,1H3,(H,14,15);1H. The van der Waals surface area contributed by atoms with E-state index in [4.69, 9.17) is 4.74 Å². The number of halogens is 1. The zero-order valence-corrected chi connectivity index (χ0v) is 11.3. The summed E-state index contributed by atoms with van der Waals surface area (Å²) in [5, 5.41) is 6.47. The van der Waals surface area contributed by atoms with E-state index in [9.17, 15) is 4.79 Å². The molecule has 5 heteroatoms. The minimum atomic E-state index is 0. The van der Waals surface area contributed by atoms with Crippen LogP contribution in [0.3, 0.4) is 0 Å². The average Bonchev–Trinajstić information content (AvgIpc) is 2.80. The van der Waals surface area contributed by atoms with E-state index in [0.717, 1.165) is 32.7 Å². The maximum Gasteiger partial charge on any atom is 0.225 e. The summed E-state index contributed by atoms with van der Waals surface area (Å²) in [5.41, 5.74) is 0.230. The molecule has 2 rings (SSSR count). The van der Waals surface area contributed by atoms with Gasteiger partial charge in [0.05, 0.1) is 12.5 Å². The van der Waals surface area contributed by atoms with Crippen molar-refractivity contribution in [2.45, 2.75) is 26.2 Å². The molecule has 0 aliphatic carbocycles. The van der Waals surface area contributed by atoms with Gasteiger partial charge >= 0.3 is 0 Å². The number of ether oxygens (including phenoxy) is 1. The highest BCUT2D eigenvalue weighted by Crippen LogP contribution is 2.24. The van der Waals surface area contributed by atoms with E-state index in [1.165, 1.54) is 12.8 Å². The lowest BCUT2D eigenvalue weighted by Gasteiger charge is -2.34. The fourth-order valence-electron chi connectivity index (χ4n) is 2.46. The zero-order valence-electron chi connectivity index (χ0n) is 10.5. The van der Waals surface area contributed by atoms with Crippen LogP contribution in [0.4, 0.5) is 0 Å². The molecule has 0 radical (unpaired) electrons. The first kappa shape index (κ1) is 14.7. The van der Waals surface area contributed by atoms with Gasteiger partial charge in [0.2, 0.25) is 5.91 Å². The number of hydrogen-bond acceptors (Lipinski definition) is 3. The average molecular weight is 263 g/mol. The number of carbonyl (C=O) groups excluding carboxylic acids is 1. The highest BCUT2D eigenvalue weighted by Gasteiger charge is 2.29. The van der Waals surface area contributed by atoms with Crippen molar-refractivity contribution < 1.29 is 9.53 Å². The van der Waals surface area contributed by atoms with E-state index >= 15 is 0 Å². The third kappa shape index (κ3) is 4.12. The Morgan fingerprint density at radius 2 is 2.41 bits per heavy atom. The van der Waals surface area contributed by atoms with Gasteiger partial charge in [0.1, 0.15) is 0 Å². The maximum absolute atomic E-state index is 11.8. The van der Waals surface area contributed by atoms with Gasteiger partial charge in [-0.05, 0) is 31.2 Å². The van der Waals surface area contributed by atoms with Crippen LogP contribution in [0.5, 0.6) is 0 Å². The topological polar surface area (TPSA) is 50.4 Å². The van der Waals surface area contributed by atoms with Crippen molar-refractivity contribution in [2.75, 3.05) is 32.8 Å². The molecule has 2 heterocycles. The maximum atomic E-state index is 11.8. The molecule has 17 heavy (non-hydrogen) atoms. The number of carbonyl (C=O) groups is 1. The molecule has 0 bridgehead atoms. The predicted molar refractivity (Wildman–Crippen MR) is 69.4 cm³/mol. The van der Waals surface area contributed by atoms with E-state index in [0.29, 0.717) is 6.61 Å². The van der Waals surface area contributed by atoms with Gasteiger partial charge in [0.25, 0.3) is 0 Å². The van der Waals surface area contributed by atoms with Gasteiger partial charge in [-0.25, -0.2) is 0 Å². The molecule has 1 amide bonds. The minimum absolute atomic E-state index is 0. The molecular formula is C12H23ClN2O2. The first-order chi connectivity index (χ1) is 7.70. The predicted octanol–water partition coefficient (Wildman–Crippen LogP) is 0.951. The van der Waals surface area contributed by atoms with E-state index in [1.54, 1.807) is 0 Å². The molecule has 2 fully saturated rings. The molecule has 2 unspecified atom stereocenters. The first-order valence-corrected chi connectivity index (χ1v) is 6.26. The molecule has 100 valence electrons. The summed E-state index contributed by atoms with van der Waals surface area (Å²) in [5.74, 6) is 0.254. The Labute approximate surface area is 109 Å². The van der Waals surface area contributed by atoms with Gasteiger partial charge in [-0.2, -0.15) is 0 Å². The van der Waals surface area contributed by atoms with Crippen molar-refractivity contribution in [3.8, 4) is 0 Å². The number of nitrogens with one attached hydrogen (secondary N) is 2. The number of amides is 1. The monoisotopic (exact) mass is 262 g/mol. The zero-order chi connectivity index (χ0) is 11.4. The highest BCUT2D eigenvalue weighted by atomic mass is 35.5. The minimum Gasteiger partial charge on any atom is -0.381 e. The van der Waals surface area contributed by atoms with Crippen molar-refractivity contribution in [3.05, 3.63) is 0 Å². The van der Waals surface area contributed by atoms with Crippen molar-refractivity contribution in [2.24, 2.45) is 11.3 Å². The molecule has 2 aliphatic rings. The van der Waals surface area contributed by atoms with Gasteiger partial charge < -0.3 is 15.4 Å². The smallest absolute Gasteiger partial charge is 0.225 e. The molecular weight excluding hydrogens is 240 g/mol. The van der Waals surface area contributed by atoms with E-state index < -0.39 is 0 Å². The van der Waals surface area contributed by atoms with Crippen LogP contribution >= 0.6 is 12.4 Å². The van der Waals surface area contributed by atoms with Crippen LogP contribution in [0.1, 0.15) is 26.2 Å².